The first-order valence-corrected chi connectivity index (χ1v) is 10.5. The predicted octanol–water partition coefficient (Wildman–Crippen LogP) is 5.13. The minimum Gasteiger partial charge on any atom is -0.449 e. The first-order chi connectivity index (χ1) is 12.7. The fourth-order valence-corrected chi connectivity index (χ4v) is 3.91. The topological polar surface area (TPSA) is 73.1 Å². The minimum absolute atomic E-state index is 0.466. The highest BCUT2D eigenvalue weighted by Crippen LogP contribution is 2.39. The molecule has 1 aromatic carbocycles. The molecule has 0 radical (unpaired) electrons. The Morgan fingerprint density at radius 2 is 2.08 bits per heavy atom. The summed E-state index contributed by atoms with van der Waals surface area (Å²) in [6, 6.07) is 11.7. The van der Waals surface area contributed by atoms with Gasteiger partial charge < -0.3 is 14.5 Å². The molecule has 0 amide bonds. The van der Waals surface area contributed by atoms with Crippen molar-refractivity contribution in [1.82, 2.24) is 15.2 Å². The Hall–Kier alpha value is -1.81. The van der Waals surface area contributed by atoms with Crippen molar-refractivity contribution in [1.29, 1.82) is 0 Å². The van der Waals surface area contributed by atoms with Gasteiger partial charge in [0.2, 0.25) is 17.3 Å². The molecule has 0 saturated heterocycles. The van der Waals surface area contributed by atoms with Gasteiger partial charge in [-0.3, -0.25) is 0 Å². The van der Waals surface area contributed by atoms with Gasteiger partial charge in [-0.05, 0) is 47.2 Å². The van der Waals surface area contributed by atoms with Crippen molar-refractivity contribution in [2.24, 2.45) is 0 Å². The summed E-state index contributed by atoms with van der Waals surface area (Å²) in [5.74, 6) is 2.12. The molecule has 2 aromatic heterocycles. The third-order valence-corrected chi connectivity index (χ3v) is 5.42. The average molecular weight is 480 g/mol. The molecule has 1 unspecified atom stereocenters. The molecule has 3 heterocycles. The number of anilines is 1. The van der Waals surface area contributed by atoms with Crippen LogP contribution in [-0.4, -0.2) is 20.9 Å². The lowest BCUT2D eigenvalue weighted by molar-refractivity contribution is 0.193. The summed E-state index contributed by atoms with van der Waals surface area (Å²) in [5.41, 5.74) is 2.46. The number of aromatic nitrogens is 3. The second kappa shape index (κ2) is 7.83. The van der Waals surface area contributed by atoms with E-state index >= 15 is 0 Å². The van der Waals surface area contributed by atoms with Gasteiger partial charge in [0, 0.05) is 17.0 Å². The number of hydrogen-bond acceptors (Lipinski definition) is 7. The van der Waals surface area contributed by atoms with Crippen LogP contribution in [0.2, 0.25) is 0 Å². The zero-order valence-corrected chi connectivity index (χ0v) is 17.1. The Morgan fingerprint density at radius 1 is 1.19 bits per heavy atom. The third kappa shape index (κ3) is 3.66. The lowest BCUT2D eigenvalue weighted by Crippen LogP contribution is -2.16. The monoisotopic (exact) mass is 480 g/mol. The fourth-order valence-electron chi connectivity index (χ4n) is 2.61. The van der Waals surface area contributed by atoms with E-state index in [9.17, 15) is 0 Å². The van der Waals surface area contributed by atoms with E-state index < -0.39 is 6.23 Å². The van der Waals surface area contributed by atoms with Gasteiger partial charge in [-0.25, -0.2) is 0 Å². The smallest absolute Gasteiger partial charge is 0.247 e. The highest BCUT2D eigenvalue weighted by molar-refractivity contribution is 14.1. The summed E-state index contributed by atoms with van der Waals surface area (Å²) in [5, 5.41) is 12.7. The van der Waals surface area contributed by atoms with Crippen molar-refractivity contribution in [3.63, 3.8) is 0 Å². The Morgan fingerprint density at radius 3 is 2.88 bits per heavy atom. The van der Waals surface area contributed by atoms with Crippen LogP contribution < -0.4 is 10.1 Å². The van der Waals surface area contributed by atoms with Crippen molar-refractivity contribution >= 4 is 40.0 Å². The summed E-state index contributed by atoms with van der Waals surface area (Å²) < 4.78 is 12.7. The number of furan rings is 1. The second-order valence-electron chi connectivity index (χ2n) is 5.78. The zero-order valence-electron chi connectivity index (χ0n) is 14.1. The lowest BCUT2D eigenvalue weighted by atomic mass is 10.1. The Balaban J connectivity index is 1.73. The molecule has 8 heteroatoms. The van der Waals surface area contributed by atoms with E-state index in [-0.39, 0.29) is 0 Å². The molecule has 0 fully saturated rings. The van der Waals surface area contributed by atoms with Crippen LogP contribution in [0.25, 0.3) is 11.3 Å². The number of halogens is 1. The number of ether oxygens (including phenoxy) is 1. The summed E-state index contributed by atoms with van der Waals surface area (Å²) in [4.78, 5) is 4.61. The Labute approximate surface area is 169 Å². The predicted molar refractivity (Wildman–Crippen MR) is 109 cm³/mol. The van der Waals surface area contributed by atoms with Crippen LogP contribution in [-0.2, 0) is 0 Å². The Bertz CT molecular complexity index is 918. The van der Waals surface area contributed by atoms with Crippen molar-refractivity contribution in [2.45, 2.75) is 31.1 Å². The molecule has 0 aliphatic carbocycles. The van der Waals surface area contributed by atoms with Crippen LogP contribution in [0.5, 0.6) is 5.88 Å². The maximum absolute atomic E-state index is 6.15. The molecular formula is C18H17IN4O2S. The fraction of sp³-hybridized carbons (Fsp3) is 0.278. The molecular weight excluding hydrogens is 463 g/mol. The van der Waals surface area contributed by atoms with Gasteiger partial charge in [-0.2, -0.15) is 4.98 Å². The highest BCUT2D eigenvalue weighted by Gasteiger charge is 2.27. The standard InChI is InChI=1S/C18H17IN4O2S/c1-2-3-10-26-18-21-17-15(22-23-18)11-6-4-5-7-12(11)20-16(25-17)13-8-9-14(19)24-13/h4-9,16,20H,2-3,10H2,1H3. The van der Waals surface area contributed by atoms with Crippen molar-refractivity contribution in [2.75, 3.05) is 11.1 Å². The van der Waals surface area contributed by atoms with E-state index in [0.717, 1.165) is 33.6 Å². The Kier molecular flexibility index (Phi) is 5.30. The van der Waals surface area contributed by atoms with Gasteiger partial charge in [-0.1, -0.05) is 43.3 Å². The van der Waals surface area contributed by atoms with Crippen LogP contribution >= 0.6 is 34.4 Å². The second-order valence-corrected chi connectivity index (χ2v) is 7.91. The number of fused-ring (bicyclic) bond motifs is 3. The van der Waals surface area contributed by atoms with E-state index in [1.165, 1.54) is 0 Å². The number of nitrogens with one attached hydrogen (secondary N) is 1. The quantitative estimate of drug-likeness (QED) is 0.308. The van der Waals surface area contributed by atoms with E-state index in [0.29, 0.717) is 22.5 Å². The summed E-state index contributed by atoms with van der Waals surface area (Å²) >= 11 is 3.74. The molecule has 26 heavy (non-hydrogen) atoms. The number of benzene rings is 1. The summed E-state index contributed by atoms with van der Waals surface area (Å²) in [6.07, 6.45) is 1.77. The summed E-state index contributed by atoms with van der Waals surface area (Å²) in [7, 11) is 0. The first-order valence-electron chi connectivity index (χ1n) is 8.40. The van der Waals surface area contributed by atoms with Crippen molar-refractivity contribution in [3.8, 4) is 17.1 Å². The van der Waals surface area contributed by atoms with Gasteiger partial charge >= 0.3 is 0 Å². The van der Waals surface area contributed by atoms with Crippen LogP contribution in [0.4, 0.5) is 5.69 Å². The van der Waals surface area contributed by atoms with Crippen LogP contribution in [0.1, 0.15) is 31.8 Å². The first kappa shape index (κ1) is 17.6. The average Bonchev–Trinajstić information content (AvgIpc) is 3.01. The molecule has 6 nitrogen and oxygen atoms in total. The number of thioether (sulfide) groups is 1. The molecule has 0 saturated carbocycles. The molecule has 1 atom stereocenters. The molecule has 4 rings (SSSR count). The van der Waals surface area contributed by atoms with Crippen LogP contribution in [0, 0.1) is 3.77 Å². The largest absolute Gasteiger partial charge is 0.449 e. The minimum atomic E-state index is -0.480. The number of para-hydroxylation sites is 1. The number of hydrogen-bond donors (Lipinski definition) is 1. The van der Waals surface area contributed by atoms with Crippen LogP contribution in [0.15, 0.2) is 46.0 Å². The van der Waals surface area contributed by atoms with Gasteiger partial charge in [-0.15, -0.1) is 10.2 Å². The molecule has 1 aliphatic rings. The maximum atomic E-state index is 6.15. The number of rotatable bonds is 5. The number of unbranched alkanes of at least 4 members (excludes halogenated alkanes) is 1. The van der Waals surface area contributed by atoms with Crippen molar-refractivity contribution < 1.29 is 9.15 Å². The molecule has 0 spiro atoms. The van der Waals surface area contributed by atoms with Gasteiger partial charge in [0.05, 0.1) is 0 Å². The van der Waals surface area contributed by atoms with E-state index in [2.05, 4.69) is 50.0 Å². The molecule has 1 aliphatic heterocycles. The van der Waals surface area contributed by atoms with Crippen molar-refractivity contribution in [3.05, 3.63) is 45.9 Å². The molecule has 3 aromatic rings. The molecule has 1 N–H and O–H groups in total. The zero-order chi connectivity index (χ0) is 17.9. The van der Waals surface area contributed by atoms with Gasteiger partial charge in [0.25, 0.3) is 0 Å². The highest BCUT2D eigenvalue weighted by atomic mass is 127. The molecule has 0 bridgehead atoms. The third-order valence-electron chi connectivity index (χ3n) is 3.92. The maximum Gasteiger partial charge on any atom is 0.247 e. The SMILES string of the molecule is CCCCSc1nnc2c(n1)OC(c1ccc(I)o1)Nc1ccccc1-2. The lowest BCUT2D eigenvalue weighted by Gasteiger charge is -2.16. The van der Waals surface area contributed by atoms with Crippen LogP contribution in [0.3, 0.4) is 0 Å². The molecule has 134 valence electrons. The number of nitrogens with zero attached hydrogens (tertiary/aromatic N) is 3. The van der Waals surface area contributed by atoms with Gasteiger partial charge in [0.15, 0.2) is 15.2 Å². The summed E-state index contributed by atoms with van der Waals surface area (Å²) in [6.45, 7) is 2.16. The van der Waals surface area contributed by atoms with Gasteiger partial charge in [0.1, 0.15) is 0 Å². The van der Waals surface area contributed by atoms with E-state index in [4.69, 9.17) is 9.15 Å². The van der Waals surface area contributed by atoms with E-state index in [1.54, 1.807) is 11.8 Å². The van der Waals surface area contributed by atoms with E-state index in [1.807, 2.05) is 36.4 Å². The normalized spacial score (nSPS) is 15.4.